The molecule has 11 rings (SSSR count). The maximum absolute atomic E-state index is 2.51. The van der Waals surface area contributed by atoms with Crippen molar-refractivity contribution in [2.45, 2.75) is 13.3 Å². The molecule has 54 heavy (non-hydrogen) atoms. The van der Waals surface area contributed by atoms with Gasteiger partial charge in [-0.1, -0.05) is 122 Å². The fourth-order valence-electron chi connectivity index (χ4n) is 9.10. The Morgan fingerprint density at radius 1 is 0.407 bits per heavy atom. The molecule has 0 atom stereocenters. The van der Waals surface area contributed by atoms with Crippen LogP contribution in [0, 0.1) is 0 Å². The number of aryl methyl sites for hydroxylation is 1. The summed E-state index contributed by atoms with van der Waals surface area (Å²) in [6.45, 7) is 2.36. The quantitative estimate of drug-likeness (QED) is 0.167. The van der Waals surface area contributed by atoms with Crippen LogP contribution in [0.15, 0.2) is 188 Å². The molecule has 0 unspecified atom stereocenters. The van der Waals surface area contributed by atoms with Gasteiger partial charge in [0.25, 0.3) is 6.71 Å². The normalized spacial score (nSPS) is 12.9. The van der Waals surface area contributed by atoms with Crippen molar-refractivity contribution in [3.05, 3.63) is 194 Å². The predicted octanol–water partition coefficient (Wildman–Crippen LogP) is 11.1. The Bertz CT molecular complexity index is 2820. The van der Waals surface area contributed by atoms with E-state index in [1.165, 1.54) is 83.3 Å². The molecule has 2 aliphatic heterocycles. The van der Waals surface area contributed by atoms with Crippen LogP contribution >= 0.6 is 0 Å². The van der Waals surface area contributed by atoms with Gasteiger partial charge in [-0.15, -0.1) is 0 Å². The molecule has 0 spiro atoms. The Morgan fingerprint density at radius 2 is 0.926 bits per heavy atom. The van der Waals surface area contributed by atoms with Gasteiger partial charge < -0.3 is 14.4 Å². The van der Waals surface area contributed by atoms with Crippen molar-refractivity contribution in [3.8, 4) is 16.8 Å². The van der Waals surface area contributed by atoms with Crippen LogP contribution in [-0.4, -0.2) is 11.3 Å². The van der Waals surface area contributed by atoms with E-state index in [4.69, 9.17) is 0 Å². The highest BCUT2D eigenvalue weighted by Gasteiger charge is 2.43. The van der Waals surface area contributed by atoms with Crippen molar-refractivity contribution < 1.29 is 0 Å². The van der Waals surface area contributed by atoms with E-state index in [2.05, 4.69) is 209 Å². The predicted molar refractivity (Wildman–Crippen MR) is 230 cm³/mol. The number of hydrogen-bond acceptors (Lipinski definition) is 2. The number of benzene rings is 8. The van der Waals surface area contributed by atoms with E-state index in [0.29, 0.717) is 0 Å². The third-order valence-electron chi connectivity index (χ3n) is 11.5. The lowest BCUT2D eigenvalue weighted by atomic mass is 9.33. The average Bonchev–Trinajstić information content (AvgIpc) is 3.58. The first-order valence-electron chi connectivity index (χ1n) is 19.0. The molecule has 254 valence electrons. The van der Waals surface area contributed by atoms with E-state index >= 15 is 0 Å². The van der Waals surface area contributed by atoms with E-state index in [1.807, 2.05) is 0 Å². The van der Waals surface area contributed by atoms with Gasteiger partial charge in [0, 0.05) is 50.6 Å². The molecule has 1 aromatic heterocycles. The fraction of sp³-hybridized carbons (Fsp3) is 0.0400. The average molecular weight is 690 g/mol. The SMILES string of the molecule is CCc1cc2c3c(c1)N(c1ccccc1)c1cc(-c4ccc(-n5c6ccccc6c6ccccc65)cc4)ccc1B3c1ccccc1N2c1ccccc1. The maximum Gasteiger partial charge on any atom is 0.252 e. The second-order valence-corrected chi connectivity index (χ2v) is 14.4. The van der Waals surface area contributed by atoms with Gasteiger partial charge in [0.2, 0.25) is 0 Å². The molecule has 0 fully saturated rings. The van der Waals surface area contributed by atoms with Gasteiger partial charge >= 0.3 is 0 Å². The van der Waals surface area contributed by atoms with Crippen molar-refractivity contribution in [3.63, 3.8) is 0 Å². The smallest absolute Gasteiger partial charge is 0.252 e. The number of aromatic nitrogens is 1. The Morgan fingerprint density at radius 3 is 1.56 bits per heavy atom. The first-order valence-corrected chi connectivity index (χ1v) is 19.0. The van der Waals surface area contributed by atoms with E-state index in [9.17, 15) is 0 Å². The highest BCUT2D eigenvalue weighted by atomic mass is 15.2. The van der Waals surface area contributed by atoms with Crippen molar-refractivity contribution in [2.24, 2.45) is 0 Å². The van der Waals surface area contributed by atoms with Gasteiger partial charge in [-0.3, -0.25) is 0 Å². The summed E-state index contributed by atoms with van der Waals surface area (Å²) in [7, 11) is 0. The molecule has 0 aliphatic carbocycles. The third kappa shape index (κ3) is 4.56. The van der Waals surface area contributed by atoms with E-state index in [0.717, 1.165) is 17.8 Å². The maximum atomic E-state index is 2.51. The lowest BCUT2D eigenvalue weighted by Gasteiger charge is -2.44. The van der Waals surface area contributed by atoms with Crippen LogP contribution in [0.5, 0.6) is 0 Å². The largest absolute Gasteiger partial charge is 0.311 e. The van der Waals surface area contributed by atoms with E-state index < -0.39 is 0 Å². The zero-order valence-corrected chi connectivity index (χ0v) is 30.0. The first kappa shape index (κ1) is 30.8. The lowest BCUT2D eigenvalue weighted by molar-refractivity contribution is 1.13. The molecule has 3 heterocycles. The molecule has 2 aliphatic rings. The van der Waals surface area contributed by atoms with Gasteiger partial charge in [-0.2, -0.15) is 0 Å². The summed E-state index contributed by atoms with van der Waals surface area (Å²) in [6, 6.07) is 69.3. The number of anilines is 6. The van der Waals surface area contributed by atoms with Crippen molar-refractivity contribution >= 4 is 79.0 Å². The van der Waals surface area contributed by atoms with Crippen LogP contribution in [0.4, 0.5) is 34.1 Å². The monoisotopic (exact) mass is 689 g/mol. The molecule has 0 bridgehead atoms. The highest BCUT2D eigenvalue weighted by molar-refractivity contribution is 7.00. The minimum atomic E-state index is 0.0961. The van der Waals surface area contributed by atoms with Crippen LogP contribution in [0.3, 0.4) is 0 Å². The molecule has 9 aromatic rings. The van der Waals surface area contributed by atoms with Gasteiger partial charge in [-0.05, 0) is 112 Å². The van der Waals surface area contributed by atoms with Crippen LogP contribution in [-0.2, 0) is 6.42 Å². The van der Waals surface area contributed by atoms with E-state index in [1.54, 1.807) is 0 Å². The number of hydrogen-bond donors (Lipinski definition) is 0. The number of fused-ring (bicyclic) bond motifs is 7. The second-order valence-electron chi connectivity index (χ2n) is 14.4. The van der Waals surface area contributed by atoms with E-state index in [-0.39, 0.29) is 6.71 Å². The molecule has 8 aromatic carbocycles. The molecule has 0 saturated carbocycles. The zero-order chi connectivity index (χ0) is 35.8. The third-order valence-corrected chi connectivity index (χ3v) is 11.5. The van der Waals surface area contributed by atoms with Crippen LogP contribution in [0.1, 0.15) is 12.5 Å². The summed E-state index contributed by atoms with van der Waals surface area (Å²) < 4.78 is 2.39. The first-order chi connectivity index (χ1) is 26.8. The topological polar surface area (TPSA) is 11.4 Å². The van der Waals surface area contributed by atoms with Crippen LogP contribution in [0.25, 0.3) is 38.6 Å². The summed E-state index contributed by atoms with van der Waals surface area (Å²) in [5.74, 6) is 0. The fourth-order valence-corrected chi connectivity index (χ4v) is 9.10. The minimum Gasteiger partial charge on any atom is -0.311 e. The van der Waals surface area contributed by atoms with Gasteiger partial charge in [-0.25, -0.2) is 0 Å². The Labute approximate surface area is 316 Å². The zero-order valence-electron chi connectivity index (χ0n) is 30.0. The molecule has 0 amide bonds. The summed E-state index contributed by atoms with van der Waals surface area (Å²) in [6.07, 6.45) is 0.947. The van der Waals surface area contributed by atoms with Crippen LogP contribution < -0.4 is 26.2 Å². The Kier molecular flexibility index (Phi) is 6.93. The minimum absolute atomic E-state index is 0.0961. The van der Waals surface area contributed by atoms with Gasteiger partial charge in [0.1, 0.15) is 0 Å². The standard InChI is InChI=1S/C50H36BN3/c1-2-34-31-48-50-49(32-34)54(38-17-7-4-8-18-38)47-33-36(27-30-43(47)51(50)42-21-11-14-24-46(42)53(48)37-15-5-3-6-16-37)35-25-28-39(29-26-35)52-44-22-12-9-19-40(44)41-20-10-13-23-45(41)52/h3-33H,2H2,1H3. The molecule has 0 saturated heterocycles. The molecule has 0 N–H and O–H groups in total. The lowest BCUT2D eigenvalue weighted by Crippen LogP contribution is -2.61. The van der Waals surface area contributed by atoms with Crippen molar-refractivity contribution in [1.82, 2.24) is 4.57 Å². The summed E-state index contributed by atoms with van der Waals surface area (Å²) in [5, 5.41) is 2.55. The molecular formula is C50H36BN3. The van der Waals surface area contributed by atoms with Gasteiger partial charge in [0.15, 0.2) is 0 Å². The van der Waals surface area contributed by atoms with Crippen LogP contribution in [0.2, 0.25) is 0 Å². The Hall–Kier alpha value is -6.78. The van der Waals surface area contributed by atoms with Crippen molar-refractivity contribution in [2.75, 3.05) is 9.80 Å². The Balaban J connectivity index is 1.11. The molecule has 3 nitrogen and oxygen atoms in total. The number of rotatable bonds is 5. The van der Waals surface area contributed by atoms with Gasteiger partial charge in [0.05, 0.1) is 11.0 Å². The summed E-state index contributed by atoms with van der Waals surface area (Å²) in [4.78, 5) is 4.99. The molecule has 4 heteroatoms. The number of para-hydroxylation sites is 5. The second kappa shape index (κ2) is 12.1. The summed E-state index contributed by atoms with van der Waals surface area (Å²) in [5.41, 5.74) is 18.7. The summed E-state index contributed by atoms with van der Waals surface area (Å²) >= 11 is 0. The highest BCUT2D eigenvalue weighted by Crippen LogP contribution is 2.45. The van der Waals surface area contributed by atoms with Crippen molar-refractivity contribution in [1.29, 1.82) is 0 Å². The molecular weight excluding hydrogens is 653 g/mol. The number of nitrogens with zero attached hydrogens (tertiary/aromatic N) is 3. The molecule has 0 radical (unpaired) electrons.